The molecule has 9 atom stereocenters. The van der Waals surface area contributed by atoms with Crippen molar-refractivity contribution in [3.8, 4) is 0 Å². The summed E-state index contributed by atoms with van der Waals surface area (Å²) in [6.07, 6.45) is -9.06. The molecule has 1 aliphatic carbocycles. The van der Waals surface area contributed by atoms with Crippen molar-refractivity contribution in [1.82, 2.24) is 5.23 Å². The molecule has 2 aliphatic heterocycles. The number of carbonyl (C=O) groups excluding carboxylic acids is 7. The van der Waals surface area contributed by atoms with Crippen LogP contribution in [-0.2, 0) is 62.1 Å². The Labute approximate surface area is 269 Å². The van der Waals surface area contributed by atoms with Gasteiger partial charge >= 0.3 is 29.8 Å². The van der Waals surface area contributed by atoms with Crippen LogP contribution in [0.2, 0.25) is 0 Å². The summed E-state index contributed by atoms with van der Waals surface area (Å²) in [6, 6.07) is 5.10. The highest BCUT2D eigenvalue weighted by molar-refractivity contribution is 6.17. The number of rotatable bonds is 12. The number of Topliss-reactive ketones (excluding diaryl/α,β-unsaturated/α-hetero) is 2. The molecule has 47 heavy (non-hydrogen) atoms. The van der Waals surface area contributed by atoms with Crippen LogP contribution >= 0.6 is 0 Å². The van der Waals surface area contributed by atoms with Crippen LogP contribution in [0.15, 0.2) is 24.3 Å². The summed E-state index contributed by atoms with van der Waals surface area (Å²) in [6.45, 7) is 6.53. The molecule has 0 aromatic heterocycles. The van der Waals surface area contributed by atoms with Crippen LogP contribution in [0.5, 0.6) is 0 Å². The molecule has 0 amide bonds. The Morgan fingerprint density at radius 3 is 1.91 bits per heavy atom. The molecule has 0 N–H and O–H groups in total. The molecule has 0 saturated carbocycles. The smallest absolute Gasteiger partial charge is 0.303 e. The number of ether oxygens (including phenoxy) is 6. The molecule has 16 nitrogen and oxygen atoms in total. The maximum atomic E-state index is 14.0. The van der Waals surface area contributed by atoms with Crippen LogP contribution in [0, 0.1) is 11.8 Å². The summed E-state index contributed by atoms with van der Waals surface area (Å²) in [5.74, 6) is -7.51. The summed E-state index contributed by atoms with van der Waals surface area (Å²) < 4.78 is 33.2. The molecule has 2 fully saturated rings. The Balaban J connectivity index is 1.87. The van der Waals surface area contributed by atoms with Crippen LogP contribution in [0.1, 0.15) is 68.7 Å². The van der Waals surface area contributed by atoms with E-state index < -0.39 is 103 Å². The number of ketones is 2. The van der Waals surface area contributed by atoms with Gasteiger partial charge in [-0.3, -0.25) is 38.4 Å². The minimum Gasteiger partial charge on any atom is -0.462 e. The first-order valence-corrected chi connectivity index (χ1v) is 15.0. The monoisotopic (exact) mass is 663 g/mol. The number of hydrogen-bond acceptors (Lipinski definition) is 16. The zero-order valence-corrected chi connectivity index (χ0v) is 26.7. The predicted molar refractivity (Wildman–Crippen MR) is 153 cm³/mol. The summed E-state index contributed by atoms with van der Waals surface area (Å²) in [4.78, 5) is 101. The van der Waals surface area contributed by atoms with E-state index in [1.165, 1.54) is 12.1 Å². The number of hydrogen-bond donors (Lipinski definition) is 0. The minimum absolute atomic E-state index is 0.102. The van der Waals surface area contributed by atoms with Gasteiger partial charge in [0.15, 0.2) is 42.3 Å². The fourth-order valence-electron chi connectivity index (χ4n) is 6.22. The van der Waals surface area contributed by atoms with Gasteiger partial charge in [0.25, 0.3) is 0 Å². The van der Waals surface area contributed by atoms with Gasteiger partial charge in [0.1, 0.15) is 12.7 Å². The standard InChI is InChI=1S/C31H37NO15/c1-7-40-23-12-21(25-24-26(38)19-10-8-9-11-20(19)27(39)30(24)47-32(25)46-23)28(43-16(4)35)31(45-18(6)37)29(44-17(5)36)22(42-15(3)34)13-41-14(2)33/h8-11,21-25,28-31H,7,12-13H2,1-6H3/t21-,22+,23-,24+,25-,28-,29-,30+,31+/m0/s1. The van der Waals surface area contributed by atoms with Gasteiger partial charge in [0.05, 0.1) is 12.0 Å². The highest BCUT2D eigenvalue weighted by Crippen LogP contribution is 2.47. The maximum absolute atomic E-state index is 14.0. The first kappa shape index (κ1) is 35.6. The van der Waals surface area contributed by atoms with Gasteiger partial charge in [-0.05, 0) is 6.92 Å². The molecular weight excluding hydrogens is 626 g/mol. The summed E-state index contributed by atoms with van der Waals surface area (Å²) in [5, 5.41) is 0.968. The van der Waals surface area contributed by atoms with Crippen LogP contribution in [0.25, 0.3) is 0 Å². The third kappa shape index (κ3) is 8.01. The molecule has 4 rings (SSSR count). The van der Waals surface area contributed by atoms with Crippen molar-refractivity contribution in [2.45, 2.75) is 90.8 Å². The van der Waals surface area contributed by atoms with E-state index in [9.17, 15) is 33.6 Å². The molecular formula is C31H37NO15. The van der Waals surface area contributed by atoms with E-state index in [1.54, 1.807) is 19.1 Å². The average molecular weight is 664 g/mol. The van der Waals surface area contributed by atoms with Crippen LogP contribution in [0.4, 0.5) is 0 Å². The third-order valence-corrected chi connectivity index (χ3v) is 7.76. The number of carbonyl (C=O) groups is 7. The van der Waals surface area contributed by atoms with E-state index in [1.807, 2.05) is 0 Å². The molecule has 0 unspecified atom stereocenters. The molecule has 0 spiro atoms. The third-order valence-electron chi connectivity index (χ3n) is 7.76. The molecule has 256 valence electrons. The first-order valence-electron chi connectivity index (χ1n) is 15.0. The van der Waals surface area contributed by atoms with Crippen LogP contribution < -0.4 is 0 Å². The molecule has 3 aliphatic rings. The van der Waals surface area contributed by atoms with Gasteiger partial charge in [-0.1, -0.05) is 29.5 Å². The fourth-order valence-corrected chi connectivity index (χ4v) is 6.22. The zero-order valence-electron chi connectivity index (χ0n) is 26.7. The van der Waals surface area contributed by atoms with Gasteiger partial charge in [-0.15, -0.1) is 0 Å². The van der Waals surface area contributed by atoms with Crippen LogP contribution in [0.3, 0.4) is 0 Å². The molecule has 2 heterocycles. The number of esters is 5. The van der Waals surface area contributed by atoms with E-state index in [2.05, 4.69) is 0 Å². The Morgan fingerprint density at radius 1 is 0.787 bits per heavy atom. The van der Waals surface area contributed by atoms with Gasteiger partial charge in [-0.25, -0.2) is 4.84 Å². The second kappa shape index (κ2) is 15.1. The zero-order chi connectivity index (χ0) is 34.6. The van der Waals surface area contributed by atoms with Gasteiger partial charge in [0.2, 0.25) is 0 Å². The predicted octanol–water partition coefficient (Wildman–Crippen LogP) is 1.27. The van der Waals surface area contributed by atoms with Crippen molar-refractivity contribution in [2.75, 3.05) is 13.2 Å². The van der Waals surface area contributed by atoms with Crippen molar-refractivity contribution >= 4 is 41.4 Å². The van der Waals surface area contributed by atoms with E-state index in [4.69, 9.17) is 38.1 Å². The summed E-state index contributed by atoms with van der Waals surface area (Å²) in [5.41, 5.74) is 0.319. The number of benzene rings is 1. The quantitative estimate of drug-likeness (QED) is 0.229. The SMILES string of the molecule is CCO[C@@H]1C[C@H]([C@H](OC(C)=O)[C@@H](OC(C)=O)[C@@H](OC(C)=O)[C@@H](COC(C)=O)OC(C)=O)[C@H]2[C@@H]3C(=O)c4ccccc4C(=O)[C@@H]3ON2O1. The lowest BCUT2D eigenvalue weighted by molar-refractivity contribution is -0.443. The molecule has 0 bridgehead atoms. The highest BCUT2D eigenvalue weighted by atomic mass is 17.0. The topological polar surface area (TPSA) is 197 Å². The molecule has 1 aromatic carbocycles. The second-order valence-corrected chi connectivity index (χ2v) is 11.2. The molecule has 1 aromatic rings. The number of hydroxylamine groups is 2. The van der Waals surface area contributed by atoms with Crippen molar-refractivity contribution in [1.29, 1.82) is 0 Å². The van der Waals surface area contributed by atoms with Crippen molar-refractivity contribution in [3.63, 3.8) is 0 Å². The van der Waals surface area contributed by atoms with Gasteiger partial charge in [-0.2, -0.15) is 0 Å². The Hall–Kier alpha value is -4.25. The van der Waals surface area contributed by atoms with Crippen molar-refractivity contribution in [2.24, 2.45) is 11.8 Å². The van der Waals surface area contributed by atoms with Gasteiger partial charge < -0.3 is 28.4 Å². The van der Waals surface area contributed by atoms with Crippen molar-refractivity contribution in [3.05, 3.63) is 35.4 Å². The average Bonchev–Trinajstić information content (AvgIpc) is 3.38. The lowest BCUT2D eigenvalue weighted by atomic mass is 9.70. The van der Waals surface area contributed by atoms with Gasteiger partial charge in [0, 0.05) is 64.7 Å². The largest absolute Gasteiger partial charge is 0.462 e. The Morgan fingerprint density at radius 2 is 1.36 bits per heavy atom. The molecule has 2 saturated heterocycles. The van der Waals surface area contributed by atoms with Crippen molar-refractivity contribution < 1.29 is 71.7 Å². The molecule has 16 heteroatoms. The lowest BCUT2D eigenvalue weighted by Gasteiger charge is -2.45. The van der Waals surface area contributed by atoms with E-state index >= 15 is 0 Å². The maximum Gasteiger partial charge on any atom is 0.303 e. The van der Waals surface area contributed by atoms with Crippen LogP contribution in [-0.4, -0.2) is 103 Å². The number of nitrogens with zero attached hydrogens (tertiary/aromatic N) is 1. The summed E-state index contributed by atoms with van der Waals surface area (Å²) >= 11 is 0. The van der Waals surface area contributed by atoms with E-state index in [0.29, 0.717) is 0 Å². The number of fused-ring (bicyclic) bond motifs is 4. The Kier molecular flexibility index (Phi) is 11.4. The molecule has 0 radical (unpaired) electrons. The lowest BCUT2D eigenvalue weighted by Crippen LogP contribution is -2.61. The van der Waals surface area contributed by atoms with E-state index in [-0.39, 0.29) is 24.2 Å². The fraction of sp³-hybridized carbons (Fsp3) is 0.581. The second-order valence-electron chi connectivity index (χ2n) is 11.2. The highest BCUT2D eigenvalue weighted by Gasteiger charge is 2.63. The van der Waals surface area contributed by atoms with E-state index in [0.717, 1.165) is 39.8 Å². The minimum atomic E-state index is -1.73. The Bertz CT molecular complexity index is 1410. The normalized spacial score (nSPS) is 26.0. The summed E-state index contributed by atoms with van der Waals surface area (Å²) in [7, 11) is 0. The first-order chi connectivity index (χ1) is 22.2.